The molecule has 0 aromatic carbocycles. The van der Waals surface area contributed by atoms with Crippen LogP contribution in [0.25, 0.3) is 0 Å². The number of hydrogen-bond acceptors (Lipinski definition) is 4. The van der Waals surface area contributed by atoms with Gasteiger partial charge in [-0.3, -0.25) is 9.59 Å². The molecule has 138 valence electrons. The van der Waals surface area contributed by atoms with Crippen LogP contribution in [0, 0.1) is 28.6 Å². The highest BCUT2D eigenvalue weighted by Crippen LogP contribution is 2.64. The Bertz CT molecular complexity index is 638. The number of esters is 1. The molecule has 0 aliphatic heterocycles. The average molecular weight is 346 g/mol. The number of hydrogen-bond donors (Lipinski definition) is 1. The first kappa shape index (κ1) is 17.3. The standard InChI is InChI=1S/C21H30O4/c1-12(22)25-14-8-9-20(2)13(10-14)4-5-15-16-6-7-18(24)21(16,3)11-17(23)19(15)20/h4,14-17,19,23H,5-11H2,1-3H3/t14-,15?,16?,17?,19?,20-,21-/m0/s1. The topological polar surface area (TPSA) is 63.6 Å². The molecule has 0 aromatic heterocycles. The van der Waals surface area contributed by atoms with Crippen LogP contribution in [-0.4, -0.2) is 29.1 Å². The Morgan fingerprint density at radius 1 is 1.28 bits per heavy atom. The Morgan fingerprint density at radius 3 is 2.76 bits per heavy atom. The third-order valence-corrected chi connectivity index (χ3v) is 8.04. The quantitative estimate of drug-likeness (QED) is 0.584. The van der Waals surface area contributed by atoms with Crippen LogP contribution >= 0.6 is 0 Å². The van der Waals surface area contributed by atoms with Gasteiger partial charge in [0.25, 0.3) is 0 Å². The van der Waals surface area contributed by atoms with Crippen molar-refractivity contribution in [3.05, 3.63) is 11.6 Å². The molecule has 4 aliphatic rings. The molecule has 0 radical (unpaired) electrons. The van der Waals surface area contributed by atoms with Gasteiger partial charge in [0.1, 0.15) is 11.9 Å². The normalized spacial score (nSPS) is 48.9. The van der Waals surface area contributed by atoms with Crippen LogP contribution in [0.1, 0.15) is 65.7 Å². The summed E-state index contributed by atoms with van der Waals surface area (Å²) in [5.41, 5.74) is 1.02. The van der Waals surface area contributed by atoms with E-state index in [4.69, 9.17) is 4.74 Å². The van der Waals surface area contributed by atoms with Crippen molar-refractivity contribution < 1.29 is 19.4 Å². The summed E-state index contributed by atoms with van der Waals surface area (Å²) in [5, 5.41) is 11.1. The summed E-state index contributed by atoms with van der Waals surface area (Å²) in [6.45, 7) is 5.86. The van der Waals surface area contributed by atoms with E-state index in [-0.39, 0.29) is 28.8 Å². The number of allylic oxidation sites excluding steroid dienone is 1. The second-order valence-corrected chi connectivity index (χ2v) is 9.30. The summed E-state index contributed by atoms with van der Waals surface area (Å²) < 4.78 is 5.46. The zero-order chi connectivity index (χ0) is 18.0. The van der Waals surface area contributed by atoms with Gasteiger partial charge in [-0.2, -0.15) is 0 Å². The van der Waals surface area contributed by atoms with Crippen LogP contribution in [0.3, 0.4) is 0 Å². The van der Waals surface area contributed by atoms with Crippen LogP contribution in [0.5, 0.6) is 0 Å². The molecule has 0 amide bonds. The lowest BCUT2D eigenvalue weighted by molar-refractivity contribution is -0.152. The summed E-state index contributed by atoms with van der Waals surface area (Å²) in [7, 11) is 0. The zero-order valence-electron chi connectivity index (χ0n) is 15.6. The predicted molar refractivity (Wildman–Crippen MR) is 93.7 cm³/mol. The van der Waals surface area contributed by atoms with Crippen molar-refractivity contribution in [1.82, 2.24) is 0 Å². The molecule has 3 fully saturated rings. The maximum atomic E-state index is 12.5. The van der Waals surface area contributed by atoms with Gasteiger partial charge in [-0.1, -0.05) is 25.5 Å². The van der Waals surface area contributed by atoms with Crippen LogP contribution < -0.4 is 0 Å². The van der Waals surface area contributed by atoms with Gasteiger partial charge in [-0.15, -0.1) is 0 Å². The van der Waals surface area contributed by atoms with E-state index in [2.05, 4.69) is 19.9 Å². The highest BCUT2D eigenvalue weighted by Gasteiger charge is 2.61. The fourth-order valence-corrected chi connectivity index (χ4v) is 6.87. The largest absolute Gasteiger partial charge is 0.462 e. The van der Waals surface area contributed by atoms with Crippen molar-refractivity contribution in [2.75, 3.05) is 0 Å². The molecule has 3 saturated carbocycles. The molecule has 4 unspecified atom stereocenters. The first-order valence-electron chi connectivity index (χ1n) is 9.84. The highest BCUT2D eigenvalue weighted by molar-refractivity contribution is 5.87. The minimum atomic E-state index is -0.410. The zero-order valence-corrected chi connectivity index (χ0v) is 15.6. The molecule has 7 atom stereocenters. The Kier molecular flexibility index (Phi) is 3.91. The summed E-state index contributed by atoms with van der Waals surface area (Å²) >= 11 is 0. The van der Waals surface area contributed by atoms with E-state index in [1.807, 2.05) is 0 Å². The van der Waals surface area contributed by atoms with Crippen LogP contribution in [-0.2, 0) is 14.3 Å². The van der Waals surface area contributed by atoms with Gasteiger partial charge in [-0.25, -0.2) is 0 Å². The molecule has 25 heavy (non-hydrogen) atoms. The third-order valence-electron chi connectivity index (χ3n) is 8.04. The van der Waals surface area contributed by atoms with Crippen molar-refractivity contribution in [2.24, 2.45) is 28.6 Å². The monoisotopic (exact) mass is 346 g/mol. The van der Waals surface area contributed by atoms with Gasteiger partial charge >= 0.3 is 5.97 Å². The number of aliphatic hydroxyl groups is 1. The molecule has 4 rings (SSSR count). The number of aliphatic hydroxyl groups excluding tert-OH is 1. The second kappa shape index (κ2) is 5.67. The molecule has 0 aromatic rings. The molecule has 0 spiro atoms. The molecule has 0 heterocycles. The minimum Gasteiger partial charge on any atom is -0.462 e. The van der Waals surface area contributed by atoms with Gasteiger partial charge in [0, 0.05) is 25.2 Å². The Morgan fingerprint density at radius 2 is 2.04 bits per heavy atom. The van der Waals surface area contributed by atoms with Crippen LogP contribution in [0.2, 0.25) is 0 Å². The van der Waals surface area contributed by atoms with Crippen molar-refractivity contribution in [3.8, 4) is 0 Å². The molecule has 1 N–H and O–H groups in total. The maximum absolute atomic E-state index is 12.5. The predicted octanol–water partition coefficient (Wildman–Crippen LogP) is 3.42. The van der Waals surface area contributed by atoms with Gasteiger partial charge < -0.3 is 9.84 Å². The number of ketones is 1. The first-order chi connectivity index (χ1) is 11.8. The van der Waals surface area contributed by atoms with Gasteiger partial charge in [-0.05, 0) is 55.3 Å². The minimum absolute atomic E-state index is 0.0209. The first-order valence-corrected chi connectivity index (χ1v) is 9.84. The Balaban J connectivity index is 1.64. The molecular weight excluding hydrogens is 316 g/mol. The van der Waals surface area contributed by atoms with E-state index < -0.39 is 6.10 Å². The fraction of sp³-hybridized carbons (Fsp3) is 0.810. The molecule has 4 heteroatoms. The number of fused-ring (bicyclic) bond motifs is 5. The summed E-state index contributed by atoms with van der Waals surface area (Å²) in [6, 6.07) is 0. The SMILES string of the molecule is CC(=O)O[C@H]1CC[C@@]2(C)C(=CCC3C2C(O)C[C@]2(C)C(=O)CCC32)C1. The smallest absolute Gasteiger partial charge is 0.302 e. The average Bonchev–Trinajstić information content (AvgIpc) is 2.82. The maximum Gasteiger partial charge on any atom is 0.302 e. The lowest BCUT2D eigenvalue weighted by Crippen LogP contribution is -2.56. The lowest BCUT2D eigenvalue weighted by atomic mass is 9.47. The highest BCUT2D eigenvalue weighted by atomic mass is 16.5. The summed E-state index contributed by atoms with van der Waals surface area (Å²) in [6.07, 6.45) is 7.76. The summed E-state index contributed by atoms with van der Waals surface area (Å²) in [5.74, 6) is 1.19. The van der Waals surface area contributed by atoms with Crippen LogP contribution in [0.15, 0.2) is 11.6 Å². The van der Waals surface area contributed by atoms with E-state index in [0.29, 0.717) is 30.5 Å². The Labute approximate surface area is 150 Å². The second-order valence-electron chi connectivity index (χ2n) is 9.30. The molecule has 4 aliphatic carbocycles. The Hall–Kier alpha value is -1.16. The molecular formula is C21H30O4. The molecule has 0 saturated heterocycles. The van der Waals surface area contributed by atoms with Crippen molar-refractivity contribution in [2.45, 2.75) is 77.9 Å². The summed E-state index contributed by atoms with van der Waals surface area (Å²) in [4.78, 5) is 23.8. The molecule has 4 nitrogen and oxygen atoms in total. The van der Waals surface area contributed by atoms with Gasteiger partial charge in [0.15, 0.2) is 0 Å². The van der Waals surface area contributed by atoms with E-state index >= 15 is 0 Å². The van der Waals surface area contributed by atoms with Crippen LogP contribution in [0.4, 0.5) is 0 Å². The van der Waals surface area contributed by atoms with E-state index in [1.165, 1.54) is 12.5 Å². The van der Waals surface area contributed by atoms with Crippen molar-refractivity contribution in [3.63, 3.8) is 0 Å². The number of carbonyl (C=O) groups is 2. The number of ether oxygens (including phenoxy) is 1. The van der Waals surface area contributed by atoms with E-state index in [9.17, 15) is 14.7 Å². The van der Waals surface area contributed by atoms with Gasteiger partial charge in [0.2, 0.25) is 0 Å². The number of Topliss-reactive ketones (excluding diaryl/α,β-unsaturated/α-hetero) is 1. The fourth-order valence-electron chi connectivity index (χ4n) is 6.87. The number of rotatable bonds is 1. The lowest BCUT2D eigenvalue weighted by Gasteiger charge is -2.58. The van der Waals surface area contributed by atoms with Crippen molar-refractivity contribution >= 4 is 11.8 Å². The van der Waals surface area contributed by atoms with Gasteiger partial charge in [0.05, 0.1) is 6.10 Å². The van der Waals surface area contributed by atoms with E-state index in [1.54, 1.807) is 0 Å². The number of carbonyl (C=O) groups excluding carboxylic acids is 2. The van der Waals surface area contributed by atoms with Crippen molar-refractivity contribution in [1.29, 1.82) is 0 Å². The third kappa shape index (κ3) is 2.43. The van der Waals surface area contributed by atoms with E-state index in [0.717, 1.165) is 32.1 Å². The molecule has 0 bridgehead atoms.